The van der Waals surface area contributed by atoms with Crippen LogP contribution in [-0.4, -0.2) is 100 Å². The van der Waals surface area contributed by atoms with Gasteiger partial charge < -0.3 is 19.9 Å². The summed E-state index contributed by atoms with van der Waals surface area (Å²) in [7, 11) is 7.20. The maximum Gasteiger partial charge on any atom is 0.243 e. The molecule has 1 unspecified atom stereocenters. The summed E-state index contributed by atoms with van der Waals surface area (Å²) in [5, 5.41) is 3.28. The molecule has 1 aliphatic heterocycles. The lowest BCUT2D eigenvalue weighted by atomic mass is 10.2. The number of carbonyl (C=O) groups excluding carboxylic acids is 1. The van der Waals surface area contributed by atoms with E-state index in [0.29, 0.717) is 19.2 Å². The number of likely N-dealkylation sites (N-methyl/N-ethyl adjacent to an activating group) is 3. The van der Waals surface area contributed by atoms with E-state index in [0.717, 1.165) is 19.0 Å². The van der Waals surface area contributed by atoms with Gasteiger partial charge in [0.2, 0.25) is 5.91 Å². The number of aliphatic imine (C=N–C) groups is 1. The number of hydrogen-bond acceptors (Lipinski definition) is 4. The van der Waals surface area contributed by atoms with Crippen molar-refractivity contribution in [3.8, 4) is 0 Å². The predicted molar refractivity (Wildman–Crippen MR) is 109 cm³/mol. The summed E-state index contributed by atoms with van der Waals surface area (Å²) in [6, 6.07) is 0.559. The van der Waals surface area contributed by atoms with Crippen LogP contribution in [0.2, 0.25) is 0 Å². The second-order valence-electron chi connectivity index (χ2n) is 6.15. The molecular weight excluding hydrogens is 421 g/mol. The first-order valence-electron chi connectivity index (χ1n) is 8.42. The Morgan fingerprint density at radius 2 is 2.08 bits per heavy atom. The van der Waals surface area contributed by atoms with Crippen molar-refractivity contribution in [1.82, 2.24) is 20.0 Å². The molecule has 0 aromatic heterocycles. The van der Waals surface area contributed by atoms with Crippen LogP contribution in [0, 0.1) is 0 Å². The SMILES string of the molecule is CCN1CCCC1CN(C)C(=NCC(=O)N(C)C)NCCOC.I. The summed E-state index contributed by atoms with van der Waals surface area (Å²) in [6.45, 7) is 6.84. The van der Waals surface area contributed by atoms with Crippen LogP contribution in [0.3, 0.4) is 0 Å². The maximum atomic E-state index is 11.8. The summed E-state index contributed by atoms with van der Waals surface area (Å²) in [5.74, 6) is 0.765. The molecule has 8 heteroatoms. The van der Waals surface area contributed by atoms with Crippen molar-refractivity contribution in [1.29, 1.82) is 0 Å². The van der Waals surface area contributed by atoms with Gasteiger partial charge in [0.15, 0.2) is 5.96 Å². The number of guanidine groups is 1. The number of methoxy groups -OCH3 is 1. The summed E-state index contributed by atoms with van der Waals surface area (Å²) < 4.78 is 5.08. The number of rotatable bonds is 8. The van der Waals surface area contributed by atoms with Crippen LogP contribution >= 0.6 is 24.0 Å². The van der Waals surface area contributed by atoms with Gasteiger partial charge in [-0.25, -0.2) is 4.99 Å². The number of halogens is 1. The van der Waals surface area contributed by atoms with Crippen molar-refractivity contribution in [3.63, 3.8) is 0 Å². The highest BCUT2D eigenvalue weighted by Crippen LogP contribution is 2.17. The van der Waals surface area contributed by atoms with Gasteiger partial charge in [-0.2, -0.15) is 0 Å². The van der Waals surface area contributed by atoms with Gasteiger partial charge in [-0.3, -0.25) is 9.69 Å². The van der Waals surface area contributed by atoms with Crippen LogP contribution in [-0.2, 0) is 9.53 Å². The Morgan fingerprint density at radius 1 is 1.38 bits per heavy atom. The van der Waals surface area contributed by atoms with E-state index < -0.39 is 0 Å². The van der Waals surface area contributed by atoms with Gasteiger partial charge in [-0.05, 0) is 25.9 Å². The quantitative estimate of drug-likeness (QED) is 0.253. The van der Waals surface area contributed by atoms with E-state index in [1.165, 1.54) is 19.4 Å². The van der Waals surface area contributed by atoms with E-state index in [2.05, 4.69) is 27.0 Å². The number of likely N-dealkylation sites (tertiary alicyclic amines) is 1. The lowest BCUT2D eigenvalue weighted by molar-refractivity contribution is -0.127. The topological polar surface area (TPSA) is 60.4 Å². The highest BCUT2D eigenvalue weighted by Gasteiger charge is 2.25. The molecule has 7 nitrogen and oxygen atoms in total. The first-order chi connectivity index (χ1) is 11.0. The van der Waals surface area contributed by atoms with Crippen LogP contribution in [0.4, 0.5) is 0 Å². The van der Waals surface area contributed by atoms with Crippen molar-refractivity contribution in [2.75, 3.05) is 67.6 Å². The van der Waals surface area contributed by atoms with Crippen molar-refractivity contribution < 1.29 is 9.53 Å². The largest absolute Gasteiger partial charge is 0.383 e. The number of ether oxygens (including phenoxy) is 1. The third-order valence-electron chi connectivity index (χ3n) is 4.20. The van der Waals surface area contributed by atoms with Crippen LogP contribution in [0.5, 0.6) is 0 Å². The third kappa shape index (κ3) is 7.98. The molecular formula is C16H34IN5O2. The first-order valence-corrected chi connectivity index (χ1v) is 8.42. The lowest BCUT2D eigenvalue weighted by Gasteiger charge is -2.30. The second-order valence-corrected chi connectivity index (χ2v) is 6.15. The Hall–Kier alpha value is -0.610. The Labute approximate surface area is 163 Å². The molecule has 1 atom stereocenters. The molecule has 0 radical (unpaired) electrons. The first kappa shape index (κ1) is 23.4. The Balaban J connectivity index is 0.00000529. The molecule has 0 spiro atoms. The highest BCUT2D eigenvalue weighted by molar-refractivity contribution is 14.0. The molecule has 0 aromatic rings. The summed E-state index contributed by atoms with van der Waals surface area (Å²) in [6.07, 6.45) is 2.48. The van der Waals surface area contributed by atoms with Crippen molar-refractivity contribution in [2.45, 2.75) is 25.8 Å². The fourth-order valence-corrected chi connectivity index (χ4v) is 2.78. The van der Waals surface area contributed by atoms with Gasteiger partial charge in [0.05, 0.1) is 6.61 Å². The average Bonchev–Trinajstić information content (AvgIpc) is 2.97. The van der Waals surface area contributed by atoms with E-state index >= 15 is 0 Å². The molecule has 1 saturated heterocycles. The molecule has 1 rings (SSSR count). The second kappa shape index (κ2) is 12.7. The monoisotopic (exact) mass is 455 g/mol. The fraction of sp³-hybridized carbons (Fsp3) is 0.875. The molecule has 142 valence electrons. The van der Waals surface area contributed by atoms with Gasteiger partial charge in [-0.15, -0.1) is 24.0 Å². The minimum absolute atomic E-state index is 0. The van der Waals surface area contributed by atoms with Crippen LogP contribution in [0.1, 0.15) is 19.8 Å². The van der Waals surface area contributed by atoms with Gasteiger partial charge in [0, 0.05) is 47.4 Å². The highest BCUT2D eigenvalue weighted by atomic mass is 127. The van der Waals surface area contributed by atoms with Crippen molar-refractivity contribution in [3.05, 3.63) is 0 Å². The van der Waals surface area contributed by atoms with E-state index in [9.17, 15) is 4.79 Å². The summed E-state index contributed by atoms with van der Waals surface area (Å²) in [5.41, 5.74) is 0. The molecule has 1 aliphatic rings. The van der Waals surface area contributed by atoms with Crippen molar-refractivity contribution in [2.24, 2.45) is 4.99 Å². The van der Waals surface area contributed by atoms with E-state index in [1.54, 1.807) is 26.1 Å². The van der Waals surface area contributed by atoms with Gasteiger partial charge in [-0.1, -0.05) is 6.92 Å². The zero-order valence-corrected chi connectivity index (χ0v) is 18.1. The molecule has 0 aliphatic carbocycles. The smallest absolute Gasteiger partial charge is 0.243 e. The summed E-state index contributed by atoms with van der Waals surface area (Å²) >= 11 is 0. The Morgan fingerprint density at radius 3 is 2.67 bits per heavy atom. The van der Waals surface area contributed by atoms with E-state index in [1.807, 2.05) is 7.05 Å². The molecule has 1 amide bonds. The predicted octanol–water partition coefficient (Wildman–Crippen LogP) is 0.701. The minimum atomic E-state index is 0. The molecule has 0 saturated carbocycles. The number of hydrogen-bond donors (Lipinski definition) is 1. The Bertz CT molecular complexity index is 393. The van der Waals surface area contributed by atoms with Gasteiger partial charge >= 0.3 is 0 Å². The molecule has 1 fully saturated rings. The zero-order chi connectivity index (χ0) is 17.2. The van der Waals surface area contributed by atoms with E-state index in [-0.39, 0.29) is 36.4 Å². The molecule has 24 heavy (non-hydrogen) atoms. The Kier molecular flexibility index (Phi) is 12.4. The molecule has 1 heterocycles. The molecule has 1 N–H and O–H groups in total. The standard InChI is InChI=1S/C16H33N5O2.HI/c1-6-21-10-7-8-14(21)13-20(4)16(17-9-11-23-5)18-12-15(22)19(2)3;/h14H,6-13H2,1-5H3,(H,17,18);1H. The lowest BCUT2D eigenvalue weighted by Crippen LogP contribution is -2.47. The zero-order valence-electron chi connectivity index (χ0n) is 15.7. The van der Waals surface area contributed by atoms with Crippen LogP contribution in [0.15, 0.2) is 4.99 Å². The van der Waals surface area contributed by atoms with E-state index in [4.69, 9.17) is 4.74 Å². The number of amides is 1. The molecule has 0 bridgehead atoms. The van der Waals surface area contributed by atoms with Crippen LogP contribution in [0.25, 0.3) is 0 Å². The van der Waals surface area contributed by atoms with Gasteiger partial charge in [0.1, 0.15) is 6.54 Å². The maximum absolute atomic E-state index is 11.8. The number of nitrogens with zero attached hydrogens (tertiary/aromatic N) is 4. The number of nitrogens with one attached hydrogen (secondary N) is 1. The van der Waals surface area contributed by atoms with Gasteiger partial charge in [0.25, 0.3) is 0 Å². The minimum Gasteiger partial charge on any atom is -0.383 e. The average molecular weight is 455 g/mol. The third-order valence-corrected chi connectivity index (χ3v) is 4.20. The fourth-order valence-electron chi connectivity index (χ4n) is 2.78. The van der Waals surface area contributed by atoms with Crippen molar-refractivity contribution >= 4 is 35.8 Å². The molecule has 0 aromatic carbocycles. The number of carbonyl (C=O) groups is 1. The normalized spacial score (nSPS) is 18.2. The summed E-state index contributed by atoms with van der Waals surface area (Å²) in [4.78, 5) is 22.5. The van der Waals surface area contributed by atoms with Crippen LogP contribution < -0.4 is 5.32 Å².